The molecule has 26 heavy (non-hydrogen) atoms. The highest BCUT2D eigenvalue weighted by atomic mass is 35.5. The number of nitrogens with zero attached hydrogens (tertiary/aromatic N) is 3. The summed E-state index contributed by atoms with van der Waals surface area (Å²) in [7, 11) is 0. The van der Waals surface area contributed by atoms with Gasteiger partial charge in [0.05, 0.1) is 10.6 Å². The molecule has 2 aromatic carbocycles. The lowest BCUT2D eigenvalue weighted by atomic mass is 9.97. The van der Waals surface area contributed by atoms with Crippen LogP contribution in [-0.2, 0) is 4.79 Å². The number of hydrazone groups is 1. The molecule has 7 heteroatoms. The van der Waals surface area contributed by atoms with E-state index in [-0.39, 0.29) is 11.6 Å². The van der Waals surface area contributed by atoms with Crippen LogP contribution in [0.1, 0.15) is 37.0 Å². The van der Waals surface area contributed by atoms with E-state index in [2.05, 4.69) is 5.10 Å². The van der Waals surface area contributed by atoms with Crippen molar-refractivity contribution < 1.29 is 9.72 Å². The van der Waals surface area contributed by atoms with Gasteiger partial charge in [0.15, 0.2) is 0 Å². The SMILES string of the molecule is CCC(=O)N1N=C(c2ccc([N+](=O)[O-])cc2)c2cc(Cl)ccc2C=C1C. The Balaban J connectivity index is 2.21. The minimum absolute atomic E-state index is 0.00918. The standard InChI is InChI=1S/C19H16ClN3O3/c1-3-18(24)22-12(2)10-14-4-7-15(20)11-17(14)19(21-22)13-5-8-16(9-6-13)23(25)26/h4-11H,3H2,1-2H3. The van der Waals surface area contributed by atoms with Crippen molar-refractivity contribution in [3.05, 3.63) is 80.0 Å². The fraction of sp³-hybridized carbons (Fsp3) is 0.158. The van der Waals surface area contributed by atoms with Gasteiger partial charge in [0.1, 0.15) is 0 Å². The predicted molar refractivity (Wildman–Crippen MR) is 101 cm³/mol. The summed E-state index contributed by atoms with van der Waals surface area (Å²) in [6, 6.07) is 11.5. The molecule has 0 radical (unpaired) electrons. The van der Waals surface area contributed by atoms with Gasteiger partial charge in [0.25, 0.3) is 5.69 Å². The van der Waals surface area contributed by atoms with Gasteiger partial charge >= 0.3 is 0 Å². The van der Waals surface area contributed by atoms with Crippen LogP contribution in [0.3, 0.4) is 0 Å². The summed E-state index contributed by atoms with van der Waals surface area (Å²) in [5.74, 6) is -0.142. The van der Waals surface area contributed by atoms with E-state index in [1.165, 1.54) is 17.1 Å². The van der Waals surface area contributed by atoms with Gasteiger partial charge in [-0.3, -0.25) is 14.9 Å². The third-order valence-corrected chi connectivity index (χ3v) is 4.29. The fourth-order valence-electron chi connectivity index (χ4n) is 2.73. The highest BCUT2D eigenvalue weighted by Gasteiger charge is 2.22. The Bertz CT molecular complexity index is 949. The maximum absolute atomic E-state index is 12.3. The summed E-state index contributed by atoms with van der Waals surface area (Å²) in [6.45, 7) is 3.58. The highest BCUT2D eigenvalue weighted by Crippen LogP contribution is 2.28. The Morgan fingerprint density at radius 1 is 1.23 bits per heavy atom. The van der Waals surface area contributed by atoms with Crippen LogP contribution < -0.4 is 0 Å². The van der Waals surface area contributed by atoms with Crippen molar-refractivity contribution in [2.24, 2.45) is 5.10 Å². The van der Waals surface area contributed by atoms with E-state index in [0.29, 0.717) is 28.4 Å². The normalized spacial score (nSPS) is 13.4. The number of benzene rings is 2. The first-order chi connectivity index (χ1) is 12.4. The molecule has 6 nitrogen and oxygen atoms in total. The Kier molecular flexibility index (Phi) is 4.86. The summed E-state index contributed by atoms with van der Waals surface area (Å²) in [5, 5.41) is 17.4. The fourth-order valence-corrected chi connectivity index (χ4v) is 2.91. The van der Waals surface area contributed by atoms with Crippen molar-refractivity contribution in [1.29, 1.82) is 0 Å². The van der Waals surface area contributed by atoms with Crippen molar-refractivity contribution in [2.75, 3.05) is 0 Å². The number of carbonyl (C=O) groups is 1. The van der Waals surface area contributed by atoms with E-state index in [1.807, 2.05) is 19.1 Å². The lowest BCUT2D eigenvalue weighted by molar-refractivity contribution is -0.384. The Morgan fingerprint density at radius 2 is 1.92 bits per heavy atom. The van der Waals surface area contributed by atoms with Gasteiger partial charge in [0.2, 0.25) is 5.91 Å². The maximum Gasteiger partial charge on any atom is 0.269 e. The molecule has 1 heterocycles. The topological polar surface area (TPSA) is 75.8 Å². The molecule has 0 N–H and O–H groups in total. The number of carbonyl (C=O) groups excluding carboxylic acids is 1. The Hall–Kier alpha value is -2.99. The van der Waals surface area contributed by atoms with E-state index in [1.54, 1.807) is 31.2 Å². The average Bonchev–Trinajstić information content (AvgIpc) is 2.77. The molecular formula is C19H16ClN3O3. The number of nitro benzene ring substituents is 1. The number of amides is 1. The van der Waals surface area contributed by atoms with Crippen molar-refractivity contribution >= 4 is 35.0 Å². The molecule has 0 fully saturated rings. The highest BCUT2D eigenvalue weighted by molar-refractivity contribution is 6.31. The monoisotopic (exact) mass is 369 g/mol. The first kappa shape index (κ1) is 17.8. The molecule has 1 aliphatic rings. The van der Waals surface area contributed by atoms with E-state index < -0.39 is 4.92 Å². The second-order valence-electron chi connectivity index (χ2n) is 5.83. The van der Waals surface area contributed by atoms with Crippen LogP contribution in [0.4, 0.5) is 5.69 Å². The van der Waals surface area contributed by atoms with Gasteiger partial charge in [0, 0.05) is 40.4 Å². The molecule has 132 valence electrons. The quantitative estimate of drug-likeness (QED) is 0.585. The van der Waals surface area contributed by atoms with Gasteiger partial charge in [-0.1, -0.05) is 24.6 Å². The number of nitro groups is 1. The molecule has 2 aromatic rings. The van der Waals surface area contributed by atoms with E-state index in [0.717, 1.165) is 11.1 Å². The number of halogens is 1. The molecule has 0 saturated carbocycles. The minimum atomic E-state index is -0.456. The zero-order valence-corrected chi connectivity index (χ0v) is 15.0. The average molecular weight is 370 g/mol. The Morgan fingerprint density at radius 3 is 2.54 bits per heavy atom. The predicted octanol–water partition coefficient (Wildman–Crippen LogP) is 4.61. The number of rotatable bonds is 3. The zero-order valence-electron chi connectivity index (χ0n) is 14.3. The molecule has 0 aliphatic carbocycles. The zero-order chi connectivity index (χ0) is 18.8. The summed E-state index contributed by atoms with van der Waals surface area (Å²) in [4.78, 5) is 22.8. The van der Waals surface area contributed by atoms with Crippen LogP contribution in [0.5, 0.6) is 0 Å². The van der Waals surface area contributed by atoms with Crippen LogP contribution in [0.25, 0.3) is 6.08 Å². The molecule has 0 saturated heterocycles. The van der Waals surface area contributed by atoms with Crippen LogP contribution in [0.15, 0.2) is 53.3 Å². The van der Waals surface area contributed by atoms with Gasteiger partial charge in [-0.2, -0.15) is 5.10 Å². The first-order valence-electron chi connectivity index (χ1n) is 8.05. The van der Waals surface area contributed by atoms with Crippen LogP contribution in [0.2, 0.25) is 5.02 Å². The van der Waals surface area contributed by atoms with Gasteiger partial charge in [-0.05, 0) is 42.8 Å². The lowest BCUT2D eigenvalue weighted by Gasteiger charge is -2.17. The Labute approximate surface area is 155 Å². The van der Waals surface area contributed by atoms with Crippen molar-refractivity contribution in [3.8, 4) is 0 Å². The van der Waals surface area contributed by atoms with Gasteiger partial charge < -0.3 is 0 Å². The number of non-ortho nitro benzene ring substituents is 1. The van der Waals surface area contributed by atoms with Crippen molar-refractivity contribution in [2.45, 2.75) is 20.3 Å². The van der Waals surface area contributed by atoms with E-state index in [4.69, 9.17) is 11.6 Å². The van der Waals surface area contributed by atoms with E-state index >= 15 is 0 Å². The maximum atomic E-state index is 12.3. The summed E-state index contributed by atoms with van der Waals surface area (Å²) >= 11 is 6.17. The molecule has 1 aliphatic heterocycles. The smallest absolute Gasteiger partial charge is 0.269 e. The summed E-state index contributed by atoms with van der Waals surface area (Å²) in [5.41, 5.74) is 3.51. The third kappa shape index (κ3) is 3.36. The molecule has 1 amide bonds. The molecule has 0 spiro atoms. The van der Waals surface area contributed by atoms with E-state index in [9.17, 15) is 14.9 Å². The largest absolute Gasteiger partial charge is 0.273 e. The lowest BCUT2D eigenvalue weighted by Crippen LogP contribution is -2.24. The van der Waals surface area contributed by atoms with Crippen molar-refractivity contribution in [1.82, 2.24) is 5.01 Å². The second kappa shape index (κ2) is 7.09. The van der Waals surface area contributed by atoms with Crippen molar-refractivity contribution in [3.63, 3.8) is 0 Å². The molecule has 0 atom stereocenters. The molecule has 0 aromatic heterocycles. The van der Waals surface area contributed by atoms with Gasteiger partial charge in [-0.25, -0.2) is 5.01 Å². The number of allylic oxidation sites excluding steroid dienone is 1. The molecular weight excluding hydrogens is 354 g/mol. The number of hydrogen-bond acceptors (Lipinski definition) is 4. The first-order valence-corrected chi connectivity index (χ1v) is 8.43. The molecule has 3 rings (SSSR count). The summed E-state index contributed by atoms with van der Waals surface area (Å²) in [6.07, 6.45) is 2.18. The number of fused-ring (bicyclic) bond motifs is 1. The third-order valence-electron chi connectivity index (χ3n) is 4.06. The number of hydrogen-bond donors (Lipinski definition) is 0. The minimum Gasteiger partial charge on any atom is -0.273 e. The summed E-state index contributed by atoms with van der Waals surface area (Å²) < 4.78 is 0. The van der Waals surface area contributed by atoms with Gasteiger partial charge in [-0.15, -0.1) is 0 Å². The molecule has 0 bridgehead atoms. The van der Waals surface area contributed by atoms with Crippen LogP contribution in [-0.4, -0.2) is 21.6 Å². The molecule has 0 unspecified atom stereocenters. The van der Waals surface area contributed by atoms with Crippen LogP contribution in [0, 0.1) is 10.1 Å². The second-order valence-corrected chi connectivity index (χ2v) is 6.27. The van der Waals surface area contributed by atoms with Crippen LogP contribution >= 0.6 is 11.6 Å².